The highest BCUT2D eigenvalue weighted by atomic mass is 32.2. The quantitative estimate of drug-likeness (QED) is 0.468. The van der Waals surface area contributed by atoms with Crippen LogP contribution in [-0.2, 0) is 26.5 Å². The van der Waals surface area contributed by atoms with Gasteiger partial charge in [-0.15, -0.1) is 0 Å². The number of carbonyl (C=O) groups is 1. The Morgan fingerprint density at radius 2 is 1.84 bits per heavy atom. The van der Waals surface area contributed by atoms with Crippen LogP contribution in [0.4, 0.5) is 0 Å². The van der Waals surface area contributed by atoms with Gasteiger partial charge in [-0.2, -0.15) is 0 Å². The molecule has 32 heavy (non-hydrogen) atoms. The number of ether oxygens (including phenoxy) is 3. The van der Waals surface area contributed by atoms with Crippen molar-refractivity contribution in [1.82, 2.24) is 5.32 Å². The van der Waals surface area contributed by atoms with E-state index in [1.54, 1.807) is 13.3 Å². The van der Waals surface area contributed by atoms with Gasteiger partial charge in [-0.25, -0.2) is 4.79 Å². The largest absolute Gasteiger partial charge is 0.489 e. The molecule has 0 amide bonds. The summed E-state index contributed by atoms with van der Waals surface area (Å²) in [5, 5.41) is 7.43. The van der Waals surface area contributed by atoms with E-state index in [-0.39, 0.29) is 0 Å². The van der Waals surface area contributed by atoms with E-state index < -0.39 is 16.4 Å². The lowest BCUT2D eigenvalue weighted by Gasteiger charge is -2.44. The summed E-state index contributed by atoms with van der Waals surface area (Å²) in [5.41, 5.74) is 0.967. The van der Waals surface area contributed by atoms with Crippen LogP contribution in [0.1, 0.15) is 24.5 Å². The summed E-state index contributed by atoms with van der Waals surface area (Å²) < 4.78 is 17.4. The van der Waals surface area contributed by atoms with Gasteiger partial charge in [0.2, 0.25) is 4.87 Å². The molecule has 0 radical (unpaired) electrons. The molecule has 0 saturated carbocycles. The predicted octanol–water partition coefficient (Wildman–Crippen LogP) is 5.35. The Morgan fingerprint density at radius 3 is 2.53 bits per heavy atom. The van der Waals surface area contributed by atoms with E-state index in [1.807, 2.05) is 48.7 Å². The Kier molecular flexibility index (Phi) is 6.44. The highest BCUT2D eigenvalue weighted by Gasteiger charge is 2.60. The zero-order valence-electron chi connectivity index (χ0n) is 18.5. The molecule has 3 aromatic rings. The minimum Gasteiger partial charge on any atom is -0.489 e. The van der Waals surface area contributed by atoms with E-state index >= 15 is 0 Å². The summed E-state index contributed by atoms with van der Waals surface area (Å²) in [4.78, 5) is 11.8. The van der Waals surface area contributed by atoms with Crippen LogP contribution >= 0.6 is 11.8 Å². The first-order valence-electron chi connectivity index (χ1n) is 10.5. The fraction of sp³-hybridized carbons (Fsp3) is 0.269. The summed E-state index contributed by atoms with van der Waals surface area (Å²) in [6.45, 7) is 2.44. The van der Waals surface area contributed by atoms with Crippen LogP contribution in [0.5, 0.6) is 5.75 Å². The summed E-state index contributed by atoms with van der Waals surface area (Å²) >= 11 is 1.36. The number of hydrogen-bond donors (Lipinski definition) is 1. The SMILES string of the molecule is CCC(OC)(c1cccc(OCc2ccc3ccccc3c2)c1)C1(C(=O)OC)NC=CS1. The molecule has 5 nitrogen and oxygen atoms in total. The Labute approximate surface area is 192 Å². The Bertz CT molecular complexity index is 1130. The lowest BCUT2D eigenvalue weighted by molar-refractivity contribution is -0.157. The number of thioether (sulfide) groups is 1. The molecule has 4 rings (SSSR count). The van der Waals surface area contributed by atoms with E-state index in [2.05, 4.69) is 35.6 Å². The third kappa shape index (κ3) is 3.74. The molecular formula is C26H27NO4S. The van der Waals surface area contributed by atoms with Crippen molar-refractivity contribution in [2.24, 2.45) is 0 Å². The molecule has 1 aliphatic heterocycles. The molecule has 0 saturated heterocycles. The molecule has 2 unspecified atom stereocenters. The summed E-state index contributed by atoms with van der Waals surface area (Å²) in [6.07, 6.45) is 2.31. The first-order chi connectivity index (χ1) is 15.6. The molecule has 1 heterocycles. The zero-order chi connectivity index (χ0) is 22.6. The van der Waals surface area contributed by atoms with E-state index in [0.717, 1.165) is 11.1 Å². The van der Waals surface area contributed by atoms with Crippen molar-refractivity contribution in [3.05, 3.63) is 89.5 Å². The van der Waals surface area contributed by atoms with E-state index in [1.165, 1.54) is 29.6 Å². The van der Waals surface area contributed by atoms with Gasteiger partial charge in [-0.1, -0.05) is 67.2 Å². The second-order valence-corrected chi connectivity index (χ2v) is 8.74. The van der Waals surface area contributed by atoms with Gasteiger partial charge in [-0.3, -0.25) is 0 Å². The molecule has 1 aliphatic rings. The fourth-order valence-corrected chi connectivity index (χ4v) is 5.54. The maximum absolute atomic E-state index is 12.9. The summed E-state index contributed by atoms with van der Waals surface area (Å²) in [6, 6.07) is 22.3. The Morgan fingerprint density at radius 1 is 1.03 bits per heavy atom. The molecule has 0 bridgehead atoms. The van der Waals surface area contributed by atoms with Crippen LogP contribution in [0.3, 0.4) is 0 Å². The molecule has 3 aromatic carbocycles. The van der Waals surface area contributed by atoms with Crippen LogP contribution < -0.4 is 10.1 Å². The lowest BCUT2D eigenvalue weighted by Crippen LogP contribution is -2.61. The van der Waals surface area contributed by atoms with Gasteiger partial charge in [0.05, 0.1) is 7.11 Å². The number of methoxy groups -OCH3 is 2. The smallest absolute Gasteiger partial charge is 0.346 e. The third-order valence-electron chi connectivity index (χ3n) is 6.01. The summed E-state index contributed by atoms with van der Waals surface area (Å²) in [5.74, 6) is 0.320. The number of benzene rings is 3. The number of hydrogen-bond acceptors (Lipinski definition) is 6. The fourth-order valence-electron chi connectivity index (χ4n) is 4.34. The lowest BCUT2D eigenvalue weighted by atomic mass is 9.82. The van der Waals surface area contributed by atoms with Crippen molar-refractivity contribution in [1.29, 1.82) is 0 Å². The maximum atomic E-state index is 12.9. The van der Waals surface area contributed by atoms with Crippen LogP contribution in [-0.4, -0.2) is 25.1 Å². The zero-order valence-corrected chi connectivity index (χ0v) is 19.3. The van der Waals surface area contributed by atoms with Gasteiger partial charge in [0.1, 0.15) is 18.0 Å². The van der Waals surface area contributed by atoms with Crippen LogP contribution in [0.25, 0.3) is 10.8 Å². The number of fused-ring (bicyclic) bond motifs is 1. The Hall–Kier alpha value is -2.96. The molecule has 6 heteroatoms. The molecular weight excluding hydrogens is 422 g/mol. The highest BCUT2D eigenvalue weighted by molar-refractivity contribution is 8.04. The Balaban J connectivity index is 1.63. The molecule has 0 fully saturated rings. The van der Waals surface area contributed by atoms with Crippen molar-refractivity contribution in [2.45, 2.75) is 30.4 Å². The molecule has 2 atom stereocenters. The molecule has 0 aromatic heterocycles. The molecule has 1 N–H and O–H groups in total. The highest BCUT2D eigenvalue weighted by Crippen LogP contribution is 2.49. The number of nitrogens with one attached hydrogen (secondary N) is 1. The normalized spacial score (nSPS) is 19.3. The van der Waals surface area contributed by atoms with E-state index in [4.69, 9.17) is 14.2 Å². The molecule has 166 valence electrons. The average Bonchev–Trinajstić information content (AvgIpc) is 3.35. The van der Waals surface area contributed by atoms with Crippen molar-refractivity contribution in [3.8, 4) is 5.75 Å². The van der Waals surface area contributed by atoms with Gasteiger partial charge < -0.3 is 19.5 Å². The summed E-state index contributed by atoms with van der Waals surface area (Å²) in [7, 11) is 3.02. The van der Waals surface area contributed by atoms with E-state index in [9.17, 15) is 4.79 Å². The van der Waals surface area contributed by atoms with Crippen LogP contribution in [0.15, 0.2) is 78.3 Å². The maximum Gasteiger partial charge on any atom is 0.346 e. The molecule has 0 aliphatic carbocycles. The van der Waals surface area contributed by atoms with Gasteiger partial charge >= 0.3 is 5.97 Å². The van der Waals surface area contributed by atoms with Gasteiger partial charge in [0.15, 0.2) is 0 Å². The number of rotatable bonds is 8. The number of carbonyl (C=O) groups excluding carboxylic acids is 1. The van der Waals surface area contributed by atoms with Crippen molar-refractivity contribution in [2.75, 3.05) is 14.2 Å². The monoisotopic (exact) mass is 449 g/mol. The standard InChI is InChI=1S/C26H27NO4S/c1-4-25(30-3,26(24(28)29-2)27-14-15-32-26)22-10-7-11-23(17-22)31-18-19-12-13-20-8-5-6-9-21(20)16-19/h5-17,27H,4,18H2,1-3H3. The van der Waals surface area contributed by atoms with Crippen molar-refractivity contribution in [3.63, 3.8) is 0 Å². The van der Waals surface area contributed by atoms with Crippen molar-refractivity contribution >= 4 is 28.5 Å². The average molecular weight is 450 g/mol. The minimum absolute atomic E-state index is 0.390. The topological polar surface area (TPSA) is 56.8 Å². The first-order valence-corrected chi connectivity index (χ1v) is 11.4. The first kappa shape index (κ1) is 22.2. The van der Waals surface area contributed by atoms with E-state index in [0.29, 0.717) is 18.8 Å². The van der Waals surface area contributed by atoms with Crippen molar-refractivity contribution < 1.29 is 19.0 Å². The van der Waals surface area contributed by atoms with Crippen LogP contribution in [0, 0.1) is 0 Å². The van der Waals surface area contributed by atoms with Gasteiger partial charge in [0, 0.05) is 13.3 Å². The van der Waals surface area contributed by atoms with Gasteiger partial charge in [-0.05, 0) is 51.9 Å². The second kappa shape index (κ2) is 9.27. The van der Waals surface area contributed by atoms with Crippen LogP contribution in [0.2, 0.25) is 0 Å². The predicted molar refractivity (Wildman–Crippen MR) is 128 cm³/mol. The second-order valence-electron chi connectivity index (χ2n) is 7.62. The minimum atomic E-state index is -1.12. The molecule has 0 spiro atoms. The third-order valence-corrected chi connectivity index (χ3v) is 7.25. The van der Waals surface area contributed by atoms with Gasteiger partial charge in [0.25, 0.3) is 0 Å². The number of esters is 1.